The van der Waals surface area contributed by atoms with Crippen molar-refractivity contribution in [1.82, 2.24) is 4.90 Å². The van der Waals surface area contributed by atoms with Crippen molar-refractivity contribution in [3.8, 4) is 0 Å². The molecule has 1 saturated carbocycles. The van der Waals surface area contributed by atoms with Gasteiger partial charge in [-0.15, -0.1) is 0 Å². The summed E-state index contributed by atoms with van der Waals surface area (Å²) in [6.07, 6.45) is 9.68. The summed E-state index contributed by atoms with van der Waals surface area (Å²) >= 11 is 0. The predicted molar refractivity (Wildman–Crippen MR) is 93.4 cm³/mol. The molecule has 3 unspecified atom stereocenters. The van der Waals surface area contributed by atoms with Gasteiger partial charge in [-0.25, -0.2) is 0 Å². The Bertz CT molecular complexity index is 595. The maximum Gasteiger partial charge on any atom is 0.225 e. The first-order valence-corrected chi connectivity index (χ1v) is 9.55. The summed E-state index contributed by atoms with van der Waals surface area (Å²) in [5, 5.41) is 0. The zero-order chi connectivity index (χ0) is 15.9. The molecule has 1 aromatic rings. The fraction of sp³-hybridized carbons (Fsp3) is 0.667. The zero-order valence-electron chi connectivity index (χ0n) is 14.4. The monoisotopic (exact) mass is 311 g/mol. The number of fused-ring (bicyclic) bond motifs is 2. The second-order valence-electron chi connectivity index (χ2n) is 8.27. The third-order valence-electron chi connectivity index (χ3n) is 6.64. The molecule has 2 fully saturated rings. The van der Waals surface area contributed by atoms with Gasteiger partial charge in [-0.1, -0.05) is 44.0 Å². The first kappa shape index (κ1) is 15.2. The fourth-order valence-electron chi connectivity index (χ4n) is 5.41. The Hall–Kier alpha value is -1.31. The third kappa shape index (κ3) is 2.70. The van der Waals surface area contributed by atoms with Gasteiger partial charge in [0.1, 0.15) is 0 Å². The number of hydrogen-bond donors (Lipinski definition) is 0. The van der Waals surface area contributed by atoms with Gasteiger partial charge in [0.15, 0.2) is 0 Å². The molecule has 2 nitrogen and oxygen atoms in total. The minimum absolute atomic E-state index is 0.255. The van der Waals surface area contributed by atoms with Gasteiger partial charge in [0, 0.05) is 24.4 Å². The molecule has 124 valence electrons. The minimum atomic E-state index is 0.255. The van der Waals surface area contributed by atoms with E-state index < -0.39 is 0 Å². The highest BCUT2D eigenvalue weighted by molar-refractivity contribution is 5.79. The first-order valence-electron chi connectivity index (χ1n) is 9.55. The van der Waals surface area contributed by atoms with Crippen LogP contribution in [0.25, 0.3) is 0 Å². The lowest BCUT2D eigenvalue weighted by Gasteiger charge is -2.36. The van der Waals surface area contributed by atoms with Crippen LogP contribution in [0.15, 0.2) is 24.3 Å². The van der Waals surface area contributed by atoms with Crippen LogP contribution in [0.3, 0.4) is 0 Å². The Kier molecular flexibility index (Phi) is 3.95. The van der Waals surface area contributed by atoms with E-state index in [0.29, 0.717) is 11.8 Å². The Balaban J connectivity index is 1.52. The number of carbonyl (C=O) groups excluding carboxylic acids is 1. The molecule has 0 bridgehead atoms. The lowest BCUT2D eigenvalue weighted by molar-refractivity contribution is -0.136. The molecule has 1 saturated heterocycles. The van der Waals surface area contributed by atoms with Gasteiger partial charge in [-0.2, -0.15) is 0 Å². The van der Waals surface area contributed by atoms with Crippen molar-refractivity contribution < 1.29 is 4.79 Å². The Morgan fingerprint density at radius 1 is 1.17 bits per heavy atom. The molecule has 0 radical (unpaired) electrons. The van der Waals surface area contributed by atoms with Crippen LogP contribution in [0.4, 0.5) is 0 Å². The van der Waals surface area contributed by atoms with Crippen molar-refractivity contribution in [2.24, 2.45) is 11.8 Å². The van der Waals surface area contributed by atoms with E-state index in [2.05, 4.69) is 36.1 Å². The van der Waals surface area contributed by atoms with Gasteiger partial charge >= 0.3 is 0 Å². The second kappa shape index (κ2) is 5.96. The molecule has 1 amide bonds. The van der Waals surface area contributed by atoms with Gasteiger partial charge < -0.3 is 4.90 Å². The average Bonchev–Trinajstić information content (AvgIpc) is 2.99. The summed E-state index contributed by atoms with van der Waals surface area (Å²) in [6, 6.07) is 8.97. The summed E-state index contributed by atoms with van der Waals surface area (Å²) in [4.78, 5) is 15.2. The van der Waals surface area contributed by atoms with Crippen molar-refractivity contribution in [1.29, 1.82) is 0 Å². The Labute approximate surface area is 140 Å². The molecule has 2 heteroatoms. The third-order valence-corrected chi connectivity index (χ3v) is 6.64. The number of benzene rings is 1. The van der Waals surface area contributed by atoms with Gasteiger partial charge in [0.2, 0.25) is 5.91 Å². The van der Waals surface area contributed by atoms with Gasteiger partial charge in [0.05, 0.1) is 0 Å². The van der Waals surface area contributed by atoms with E-state index in [0.717, 1.165) is 38.3 Å². The van der Waals surface area contributed by atoms with E-state index in [4.69, 9.17) is 0 Å². The number of nitrogens with zero attached hydrogens (tertiary/aromatic N) is 1. The molecule has 4 rings (SSSR count). The topological polar surface area (TPSA) is 20.3 Å². The highest BCUT2D eigenvalue weighted by atomic mass is 16.2. The van der Waals surface area contributed by atoms with Crippen LogP contribution in [0.2, 0.25) is 0 Å². The molecule has 3 atom stereocenters. The van der Waals surface area contributed by atoms with E-state index in [1.165, 1.54) is 37.7 Å². The second-order valence-corrected chi connectivity index (χ2v) is 8.27. The predicted octanol–water partition coefficient (Wildman–Crippen LogP) is 4.32. The molecular formula is C21H29NO. The van der Waals surface area contributed by atoms with E-state index in [-0.39, 0.29) is 5.41 Å². The van der Waals surface area contributed by atoms with Crippen LogP contribution in [0.5, 0.6) is 0 Å². The first-order chi connectivity index (χ1) is 11.2. The van der Waals surface area contributed by atoms with E-state index in [9.17, 15) is 4.79 Å². The summed E-state index contributed by atoms with van der Waals surface area (Å²) < 4.78 is 0. The maximum absolute atomic E-state index is 13.0. The van der Waals surface area contributed by atoms with Gasteiger partial charge in [0.25, 0.3) is 0 Å². The number of rotatable bonds is 1. The lowest BCUT2D eigenvalue weighted by atomic mass is 9.69. The highest BCUT2D eigenvalue weighted by Gasteiger charge is 2.44. The fourth-order valence-corrected chi connectivity index (χ4v) is 5.41. The van der Waals surface area contributed by atoms with E-state index in [1.54, 1.807) is 5.56 Å². The van der Waals surface area contributed by atoms with Gasteiger partial charge in [-0.05, 0) is 55.6 Å². The number of amides is 1. The number of aryl methyl sites for hydroxylation is 1. The normalized spacial score (nSPS) is 33.7. The van der Waals surface area contributed by atoms with Crippen LogP contribution in [0.1, 0.15) is 63.0 Å². The van der Waals surface area contributed by atoms with Crippen molar-refractivity contribution in [3.63, 3.8) is 0 Å². The van der Waals surface area contributed by atoms with E-state index in [1.807, 2.05) is 0 Å². The summed E-state index contributed by atoms with van der Waals surface area (Å²) in [5.41, 5.74) is 3.32. The van der Waals surface area contributed by atoms with Crippen molar-refractivity contribution in [2.45, 2.75) is 63.7 Å². The van der Waals surface area contributed by atoms with E-state index >= 15 is 0 Å². The molecule has 1 spiro atoms. The summed E-state index contributed by atoms with van der Waals surface area (Å²) in [7, 11) is 0. The maximum atomic E-state index is 13.0. The molecular weight excluding hydrogens is 282 g/mol. The zero-order valence-corrected chi connectivity index (χ0v) is 14.4. The van der Waals surface area contributed by atoms with Crippen LogP contribution >= 0.6 is 0 Å². The molecule has 0 N–H and O–H groups in total. The quantitative estimate of drug-likeness (QED) is 0.756. The standard InChI is InChI=1S/C21H29NO/c1-16-6-4-8-18(14-16)20(23)22-13-12-21(15-22)11-5-9-17-7-2-3-10-19(17)21/h2-3,7,10,16,18H,4-6,8-9,11-15H2,1H3. The Morgan fingerprint density at radius 2 is 2.04 bits per heavy atom. The average molecular weight is 311 g/mol. The molecule has 1 heterocycles. The Morgan fingerprint density at radius 3 is 2.91 bits per heavy atom. The van der Waals surface area contributed by atoms with Crippen LogP contribution < -0.4 is 0 Å². The molecule has 1 aromatic carbocycles. The molecule has 2 aliphatic carbocycles. The van der Waals surface area contributed by atoms with Crippen molar-refractivity contribution in [3.05, 3.63) is 35.4 Å². The largest absolute Gasteiger partial charge is 0.342 e. The minimum Gasteiger partial charge on any atom is -0.342 e. The highest BCUT2D eigenvalue weighted by Crippen LogP contribution is 2.44. The molecule has 23 heavy (non-hydrogen) atoms. The SMILES string of the molecule is CC1CCCC(C(=O)N2CCC3(CCCc4ccccc43)C2)C1. The van der Waals surface area contributed by atoms with Crippen LogP contribution in [0, 0.1) is 11.8 Å². The smallest absolute Gasteiger partial charge is 0.225 e. The van der Waals surface area contributed by atoms with Crippen LogP contribution in [-0.4, -0.2) is 23.9 Å². The molecule has 1 aliphatic heterocycles. The lowest BCUT2D eigenvalue weighted by Crippen LogP contribution is -2.40. The summed E-state index contributed by atoms with van der Waals surface area (Å²) in [5.74, 6) is 1.48. The molecule has 3 aliphatic rings. The molecule has 0 aromatic heterocycles. The number of hydrogen-bond acceptors (Lipinski definition) is 1. The number of carbonyl (C=O) groups is 1. The van der Waals surface area contributed by atoms with Gasteiger partial charge in [-0.3, -0.25) is 4.79 Å². The van der Waals surface area contributed by atoms with Crippen molar-refractivity contribution in [2.75, 3.05) is 13.1 Å². The van der Waals surface area contributed by atoms with Crippen LogP contribution in [-0.2, 0) is 16.6 Å². The number of likely N-dealkylation sites (tertiary alicyclic amines) is 1. The summed E-state index contributed by atoms with van der Waals surface area (Å²) in [6.45, 7) is 4.24. The van der Waals surface area contributed by atoms with Crippen molar-refractivity contribution >= 4 is 5.91 Å².